The number of benzene rings is 1. The molecule has 0 aliphatic carbocycles. The zero-order chi connectivity index (χ0) is 14.9. The van der Waals surface area contributed by atoms with E-state index in [9.17, 15) is 9.59 Å². The molecule has 0 saturated heterocycles. The molecular weight excluding hydrogens is 274 g/mol. The number of thiophene rings is 1. The van der Waals surface area contributed by atoms with Crippen LogP contribution in [0, 0.1) is 13.8 Å². The van der Waals surface area contributed by atoms with Gasteiger partial charge in [0.05, 0.1) is 4.88 Å². The van der Waals surface area contributed by atoms with Crippen LogP contribution in [0.3, 0.4) is 0 Å². The van der Waals surface area contributed by atoms with E-state index in [-0.39, 0.29) is 10.8 Å². The molecule has 0 radical (unpaired) electrons. The highest BCUT2D eigenvalue weighted by Gasteiger charge is 2.18. The molecule has 104 valence electrons. The zero-order valence-electron chi connectivity index (χ0n) is 11.5. The van der Waals surface area contributed by atoms with Crippen LogP contribution >= 0.6 is 11.3 Å². The summed E-state index contributed by atoms with van der Waals surface area (Å²) >= 11 is 0.990. The van der Waals surface area contributed by atoms with Gasteiger partial charge in [-0.2, -0.15) is 0 Å². The Morgan fingerprint density at radius 3 is 2.30 bits per heavy atom. The molecule has 1 aromatic carbocycles. The molecule has 0 atom stereocenters. The van der Waals surface area contributed by atoms with Crippen LogP contribution in [0.4, 0.5) is 5.69 Å². The molecule has 0 aliphatic heterocycles. The van der Waals surface area contributed by atoms with Gasteiger partial charge in [-0.1, -0.05) is 17.7 Å². The van der Waals surface area contributed by atoms with E-state index in [1.54, 1.807) is 18.0 Å². The number of aryl methyl sites for hydroxylation is 2. The van der Waals surface area contributed by atoms with Crippen molar-refractivity contribution in [3.8, 4) is 0 Å². The van der Waals surface area contributed by atoms with Crippen LogP contribution in [0.15, 0.2) is 30.3 Å². The lowest BCUT2D eigenvalue weighted by Crippen LogP contribution is -2.26. The first-order valence-corrected chi connectivity index (χ1v) is 6.90. The average Bonchev–Trinajstić information content (AvgIpc) is 2.87. The minimum atomic E-state index is -1.01. The van der Waals surface area contributed by atoms with Gasteiger partial charge < -0.3 is 10.0 Å². The van der Waals surface area contributed by atoms with Crippen molar-refractivity contribution >= 4 is 28.9 Å². The van der Waals surface area contributed by atoms with Crippen LogP contribution in [0.2, 0.25) is 0 Å². The molecule has 0 aliphatic rings. The summed E-state index contributed by atoms with van der Waals surface area (Å²) in [5.74, 6) is -1.21. The highest BCUT2D eigenvalue weighted by atomic mass is 32.1. The van der Waals surface area contributed by atoms with Gasteiger partial charge in [0, 0.05) is 12.7 Å². The second-order valence-corrected chi connectivity index (χ2v) is 5.71. The Morgan fingerprint density at radius 1 is 1.10 bits per heavy atom. The van der Waals surface area contributed by atoms with Gasteiger partial charge in [0.25, 0.3) is 5.91 Å². The third-order valence-electron chi connectivity index (χ3n) is 3.05. The average molecular weight is 289 g/mol. The number of carboxylic acids is 1. The molecule has 0 bridgehead atoms. The second-order valence-electron chi connectivity index (χ2n) is 4.62. The number of carbonyl (C=O) groups excluding carboxylic acids is 1. The topological polar surface area (TPSA) is 57.6 Å². The minimum absolute atomic E-state index is 0.169. The maximum absolute atomic E-state index is 12.4. The van der Waals surface area contributed by atoms with Gasteiger partial charge in [0.1, 0.15) is 4.88 Å². The van der Waals surface area contributed by atoms with E-state index in [0.717, 1.165) is 28.2 Å². The number of aromatic carboxylic acids is 1. The molecule has 4 nitrogen and oxygen atoms in total. The summed E-state index contributed by atoms with van der Waals surface area (Å²) in [6.07, 6.45) is 0. The lowest BCUT2D eigenvalue weighted by Gasteiger charge is -2.19. The quantitative estimate of drug-likeness (QED) is 0.942. The number of amides is 1. The molecule has 20 heavy (non-hydrogen) atoms. The Labute approximate surface area is 121 Å². The van der Waals surface area contributed by atoms with Crippen molar-refractivity contribution in [2.75, 3.05) is 11.9 Å². The van der Waals surface area contributed by atoms with Gasteiger partial charge in [-0.05, 0) is 37.6 Å². The number of hydrogen-bond donors (Lipinski definition) is 1. The third-order valence-corrected chi connectivity index (χ3v) is 4.11. The fourth-order valence-electron chi connectivity index (χ4n) is 2.02. The number of anilines is 1. The highest BCUT2D eigenvalue weighted by molar-refractivity contribution is 7.16. The first kappa shape index (κ1) is 14.3. The van der Waals surface area contributed by atoms with E-state index in [1.807, 2.05) is 32.0 Å². The summed E-state index contributed by atoms with van der Waals surface area (Å²) in [6, 6.07) is 8.86. The van der Waals surface area contributed by atoms with E-state index in [1.165, 1.54) is 6.07 Å². The largest absolute Gasteiger partial charge is 0.477 e. The Balaban J connectivity index is 2.29. The number of carboxylic acid groups (broad SMARTS) is 1. The van der Waals surface area contributed by atoms with Gasteiger partial charge in [-0.15, -0.1) is 11.3 Å². The summed E-state index contributed by atoms with van der Waals surface area (Å²) in [5.41, 5.74) is 2.97. The summed E-state index contributed by atoms with van der Waals surface area (Å²) in [5, 5.41) is 8.90. The summed E-state index contributed by atoms with van der Waals surface area (Å²) in [4.78, 5) is 25.4. The second kappa shape index (κ2) is 5.46. The Morgan fingerprint density at radius 2 is 1.75 bits per heavy atom. The van der Waals surface area contributed by atoms with Crippen molar-refractivity contribution in [3.63, 3.8) is 0 Å². The number of rotatable bonds is 3. The predicted molar refractivity (Wildman–Crippen MR) is 79.9 cm³/mol. The van der Waals surface area contributed by atoms with Crippen molar-refractivity contribution < 1.29 is 14.7 Å². The molecule has 0 unspecified atom stereocenters. The maximum atomic E-state index is 12.4. The van der Waals surface area contributed by atoms with Crippen molar-refractivity contribution in [1.82, 2.24) is 0 Å². The lowest BCUT2D eigenvalue weighted by molar-refractivity contribution is 0.0702. The Kier molecular flexibility index (Phi) is 3.90. The smallest absolute Gasteiger partial charge is 0.345 e. The molecule has 1 N–H and O–H groups in total. The van der Waals surface area contributed by atoms with E-state index < -0.39 is 5.97 Å². The van der Waals surface area contributed by atoms with Gasteiger partial charge >= 0.3 is 5.97 Å². The number of carbonyl (C=O) groups is 2. The standard InChI is InChI=1S/C15H15NO3S/c1-9-4-5-11(10(2)8-9)16(3)14(17)12-6-7-13(20-12)15(18)19/h4-8H,1-3H3,(H,18,19). The molecule has 0 saturated carbocycles. The summed E-state index contributed by atoms with van der Waals surface area (Å²) in [6.45, 7) is 3.94. The SMILES string of the molecule is Cc1ccc(N(C)C(=O)c2ccc(C(=O)O)s2)c(C)c1. The van der Waals surface area contributed by atoms with E-state index in [2.05, 4.69) is 0 Å². The maximum Gasteiger partial charge on any atom is 0.345 e. The van der Waals surface area contributed by atoms with E-state index in [0.29, 0.717) is 4.88 Å². The molecular formula is C15H15NO3S. The van der Waals surface area contributed by atoms with Crippen molar-refractivity contribution in [1.29, 1.82) is 0 Å². The zero-order valence-corrected chi connectivity index (χ0v) is 12.3. The molecule has 1 amide bonds. The van der Waals surface area contributed by atoms with Crippen LogP contribution in [-0.2, 0) is 0 Å². The number of nitrogens with zero attached hydrogens (tertiary/aromatic N) is 1. The van der Waals surface area contributed by atoms with Gasteiger partial charge in [0.2, 0.25) is 0 Å². The minimum Gasteiger partial charge on any atom is -0.477 e. The fourth-order valence-corrected chi connectivity index (χ4v) is 2.84. The Bertz CT molecular complexity index is 676. The first-order valence-electron chi connectivity index (χ1n) is 6.08. The molecule has 0 spiro atoms. The predicted octanol–water partition coefficient (Wildman–Crippen LogP) is 3.34. The first-order chi connectivity index (χ1) is 9.40. The van der Waals surface area contributed by atoms with Crippen LogP contribution in [0.25, 0.3) is 0 Å². The van der Waals surface area contributed by atoms with Crippen molar-refractivity contribution in [2.24, 2.45) is 0 Å². The normalized spacial score (nSPS) is 10.3. The monoisotopic (exact) mass is 289 g/mol. The lowest BCUT2D eigenvalue weighted by atomic mass is 10.1. The van der Waals surface area contributed by atoms with Crippen molar-refractivity contribution in [2.45, 2.75) is 13.8 Å². The van der Waals surface area contributed by atoms with Crippen LogP contribution in [0.1, 0.15) is 30.5 Å². The van der Waals surface area contributed by atoms with Crippen LogP contribution in [0.5, 0.6) is 0 Å². The van der Waals surface area contributed by atoms with Crippen molar-refractivity contribution in [3.05, 3.63) is 51.2 Å². The summed E-state index contributed by atoms with van der Waals surface area (Å²) in [7, 11) is 1.69. The van der Waals surface area contributed by atoms with Gasteiger partial charge in [-0.3, -0.25) is 4.79 Å². The molecule has 2 rings (SSSR count). The number of hydrogen-bond acceptors (Lipinski definition) is 3. The van der Waals surface area contributed by atoms with Crippen LogP contribution < -0.4 is 4.90 Å². The van der Waals surface area contributed by atoms with E-state index in [4.69, 9.17) is 5.11 Å². The summed E-state index contributed by atoms with van der Waals surface area (Å²) < 4.78 is 0. The van der Waals surface area contributed by atoms with Gasteiger partial charge in [-0.25, -0.2) is 4.79 Å². The fraction of sp³-hybridized carbons (Fsp3) is 0.200. The molecule has 1 heterocycles. The third kappa shape index (κ3) is 2.72. The molecule has 1 aromatic heterocycles. The van der Waals surface area contributed by atoms with Crippen LogP contribution in [-0.4, -0.2) is 24.0 Å². The molecule has 5 heteroatoms. The highest BCUT2D eigenvalue weighted by Crippen LogP contribution is 2.24. The van der Waals surface area contributed by atoms with Gasteiger partial charge in [0.15, 0.2) is 0 Å². The van der Waals surface area contributed by atoms with E-state index >= 15 is 0 Å². The Hall–Kier alpha value is -2.14. The molecule has 0 fully saturated rings. The molecule has 2 aromatic rings.